The Hall–Kier alpha value is -2.79. The van der Waals surface area contributed by atoms with E-state index in [1.807, 2.05) is 0 Å². The summed E-state index contributed by atoms with van der Waals surface area (Å²) in [4.78, 5) is 26.2. The number of fused-ring (bicyclic) bond motifs is 1. The largest absolute Gasteiger partial charge is 0.383 e. The molecule has 0 radical (unpaired) electrons. The summed E-state index contributed by atoms with van der Waals surface area (Å²) >= 11 is 0. The molecule has 0 aliphatic carbocycles. The number of nitrogens with zero attached hydrogens (tertiary/aromatic N) is 5. The minimum Gasteiger partial charge on any atom is -0.383 e. The summed E-state index contributed by atoms with van der Waals surface area (Å²) in [5.74, 6) is -0.323. The molecule has 0 fully saturated rings. The molecular weight excluding hydrogens is 386 g/mol. The van der Waals surface area contributed by atoms with E-state index in [1.165, 1.54) is 17.0 Å². The van der Waals surface area contributed by atoms with Gasteiger partial charge in [-0.05, 0) is 12.1 Å². The molecular formula is C17H21N5O5S. The molecule has 1 aliphatic heterocycles. The minimum atomic E-state index is -3.91. The Morgan fingerprint density at radius 1 is 1.25 bits per heavy atom. The molecule has 3 rings (SSSR count). The van der Waals surface area contributed by atoms with Gasteiger partial charge >= 0.3 is 0 Å². The van der Waals surface area contributed by atoms with Gasteiger partial charge in [-0.3, -0.25) is 9.59 Å². The van der Waals surface area contributed by atoms with E-state index in [9.17, 15) is 18.0 Å². The molecule has 11 heteroatoms. The summed E-state index contributed by atoms with van der Waals surface area (Å²) in [6, 6.07) is 6.03. The zero-order valence-electron chi connectivity index (χ0n) is 15.6. The number of carbonyl (C=O) groups excluding carboxylic acids is 2. The second-order valence-corrected chi connectivity index (χ2v) is 8.14. The van der Waals surface area contributed by atoms with Gasteiger partial charge in [0.05, 0.1) is 18.7 Å². The van der Waals surface area contributed by atoms with Crippen LogP contribution in [0.4, 0.5) is 0 Å². The van der Waals surface area contributed by atoms with Crippen molar-refractivity contribution < 1.29 is 22.7 Å². The highest BCUT2D eigenvalue weighted by Crippen LogP contribution is 2.29. The molecule has 0 spiro atoms. The molecule has 0 saturated carbocycles. The predicted octanol–water partition coefficient (Wildman–Crippen LogP) is 0.118. The first-order valence-corrected chi connectivity index (χ1v) is 10.1. The van der Waals surface area contributed by atoms with Crippen molar-refractivity contribution in [2.75, 3.05) is 27.3 Å². The van der Waals surface area contributed by atoms with Crippen molar-refractivity contribution in [3.63, 3.8) is 0 Å². The lowest BCUT2D eigenvalue weighted by Crippen LogP contribution is -2.35. The van der Waals surface area contributed by atoms with Crippen LogP contribution in [0.5, 0.6) is 0 Å². The molecule has 0 bridgehead atoms. The number of amides is 2. The van der Waals surface area contributed by atoms with E-state index < -0.39 is 15.9 Å². The summed E-state index contributed by atoms with van der Waals surface area (Å²) in [5.41, 5.74) is 0.134. The summed E-state index contributed by atoms with van der Waals surface area (Å²) in [7, 11) is -0.732. The van der Waals surface area contributed by atoms with Gasteiger partial charge in [-0.15, -0.1) is 10.2 Å². The maximum atomic E-state index is 12.5. The summed E-state index contributed by atoms with van der Waals surface area (Å²) in [5, 5.41) is 7.83. The highest BCUT2D eigenvalue weighted by Gasteiger charge is 2.40. The highest BCUT2D eigenvalue weighted by molar-refractivity contribution is 7.90. The Morgan fingerprint density at radius 2 is 2.00 bits per heavy atom. The van der Waals surface area contributed by atoms with Gasteiger partial charge in [-0.1, -0.05) is 12.1 Å². The molecule has 1 aromatic heterocycles. The Bertz CT molecular complexity index is 987. The number of benzene rings is 1. The monoisotopic (exact) mass is 407 g/mol. The number of sulfonamides is 1. The third-order valence-electron chi connectivity index (χ3n) is 4.48. The lowest BCUT2D eigenvalue weighted by molar-refractivity contribution is -0.130. The molecule has 0 atom stereocenters. The topological polar surface area (TPSA) is 115 Å². The molecule has 2 heterocycles. The van der Waals surface area contributed by atoms with E-state index in [2.05, 4.69) is 10.2 Å². The number of ether oxygens (including phenoxy) is 1. The van der Waals surface area contributed by atoms with Crippen LogP contribution in [-0.4, -0.2) is 71.5 Å². The zero-order chi connectivity index (χ0) is 20.3. The van der Waals surface area contributed by atoms with Crippen molar-refractivity contribution in [1.82, 2.24) is 24.0 Å². The van der Waals surface area contributed by atoms with E-state index in [0.29, 0.717) is 19.0 Å². The molecule has 1 aromatic carbocycles. The standard InChI is InChI=1S/C17H21N5O5S/c1-20(11-15-19-18-12-21(15)9-10-27-2)16(23)7-8-22-17(24)13-5-3-4-6-14(13)28(22,25)26/h3-6,12H,7-11H2,1-2H3. The van der Waals surface area contributed by atoms with Gasteiger partial charge in [0.15, 0.2) is 5.82 Å². The number of hydrogen-bond donors (Lipinski definition) is 0. The fourth-order valence-electron chi connectivity index (χ4n) is 2.92. The van der Waals surface area contributed by atoms with Gasteiger partial charge in [0.2, 0.25) is 5.91 Å². The van der Waals surface area contributed by atoms with Gasteiger partial charge in [0.1, 0.15) is 11.2 Å². The lowest BCUT2D eigenvalue weighted by atomic mass is 10.2. The Balaban J connectivity index is 1.62. The van der Waals surface area contributed by atoms with Gasteiger partial charge in [0, 0.05) is 33.7 Å². The van der Waals surface area contributed by atoms with E-state index in [-0.39, 0.29) is 35.9 Å². The zero-order valence-corrected chi connectivity index (χ0v) is 16.4. The van der Waals surface area contributed by atoms with Crippen LogP contribution < -0.4 is 0 Å². The molecule has 28 heavy (non-hydrogen) atoms. The average molecular weight is 407 g/mol. The summed E-state index contributed by atoms with van der Waals surface area (Å²) in [6.07, 6.45) is 1.43. The van der Waals surface area contributed by atoms with Crippen molar-refractivity contribution in [1.29, 1.82) is 0 Å². The van der Waals surface area contributed by atoms with Gasteiger partial charge < -0.3 is 14.2 Å². The van der Waals surface area contributed by atoms with Crippen LogP contribution >= 0.6 is 0 Å². The van der Waals surface area contributed by atoms with Gasteiger partial charge in [-0.25, -0.2) is 12.7 Å². The third-order valence-corrected chi connectivity index (χ3v) is 6.32. The van der Waals surface area contributed by atoms with Crippen molar-refractivity contribution in [3.05, 3.63) is 42.0 Å². The van der Waals surface area contributed by atoms with Crippen molar-refractivity contribution in [2.45, 2.75) is 24.4 Å². The second-order valence-electron chi connectivity index (χ2n) is 6.31. The molecule has 1 aliphatic rings. The van der Waals surface area contributed by atoms with Crippen LogP contribution in [0.25, 0.3) is 0 Å². The first kappa shape index (κ1) is 20.0. The van der Waals surface area contributed by atoms with E-state index in [1.54, 1.807) is 37.2 Å². The fourth-order valence-corrected chi connectivity index (χ4v) is 4.49. The van der Waals surface area contributed by atoms with Crippen LogP contribution in [0.3, 0.4) is 0 Å². The van der Waals surface area contributed by atoms with Crippen LogP contribution in [0.15, 0.2) is 35.5 Å². The van der Waals surface area contributed by atoms with E-state index in [0.717, 1.165) is 4.31 Å². The van der Waals surface area contributed by atoms with Crippen molar-refractivity contribution >= 4 is 21.8 Å². The Morgan fingerprint density at radius 3 is 2.71 bits per heavy atom. The Kier molecular flexibility index (Phi) is 5.75. The predicted molar refractivity (Wildman–Crippen MR) is 97.7 cm³/mol. The normalized spacial score (nSPS) is 14.9. The van der Waals surface area contributed by atoms with Crippen molar-refractivity contribution in [3.8, 4) is 0 Å². The third kappa shape index (κ3) is 3.76. The van der Waals surface area contributed by atoms with E-state index in [4.69, 9.17) is 4.74 Å². The number of rotatable bonds is 8. The average Bonchev–Trinajstić information content (AvgIpc) is 3.19. The number of methoxy groups -OCH3 is 1. The fraction of sp³-hybridized carbons (Fsp3) is 0.412. The smallest absolute Gasteiger partial charge is 0.269 e. The maximum Gasteiger partial charge on any atom is 0.269 e. The molecule has 0 N–H and O–H groups in total. The number of hydrogen-bond acceptors (Lipinski definition) is 7. The first-order valence-electron chi connectivity index (χ1n) is 8.62. The SMILES string of the molecule is COCCn1cnnc1CN(C)C(=O)CCN1C(=O)c2ccccc2S1(=O)=O. The van der Waals surface area contributed by atoms with Crippen LogP contribution in [0.2, 0.25) is 0 Å². The molecule has 150 valence electrons. The Labute approximate surface area is 162 Å². The van der Waals surface area contributed by atoms with Gasteiger partial charge in [0.25, 0.3) is 15.9 Å². The first-order chi connectivity index (χ1) is 13.4. The molecule has 2 amide bonds. The minimum absolute atomic E-state index is 0.0213. The highest BCUT2D eigenvalue weighted by atomic mass is 32.2. The van der Waals surface area contributed by atoms with Crippen LogP contribution in [0.1, 0.15) is 22.6 Å². The van der Waals surface area contributed by atoms with Crippen molar-refractivity contribution in [2.24, 2.45) is 0 Å². The quantitative estimate of drug-likeness (QED) is 0.610. The number of aromatic nitrogens is 3. The summed E-state index contributed by atoms with van der Waals surface area (Å²) in [6.45, 7) is 1.04. The molecule has 0 unspecified atom stereocenters. The summed E-state index contributed by atoms with van der Waals surface area (Å²) < 4.78 is 32.6. The van der Waals surface area contributed by atoms with Crippen LogP contribution in [0, 0.1) is 0 Å². The maximum absolute atomic E-state index is 12.5. The second kappa shape index (κ2) is 8.07. The van der Waals surface area contributed by atoms with E-state index >= 15 is 0 Å². The molecule has 10 nitrogen and oxygen atoms in total. The lowest BCUT2D eigenvalue weighted by Gasteiger charge is -2.19. The molecule has 0 saturated heterocycles. The van der Waals surface area contributed by atoms with Crippen LogP contribution in [-0.2, 0) is 32.6 Å². The number of carbonyl (C=O) groups is 2. The van der Waals surface area contributed by atoms with Gasteiger partial charge in [-0.2, -0.15) is 0 Å². The molecule has 2 aromatic rings.